The van der Waals surface area contributed by atoms with Crippen molar-refractivity contribution < 1.29 is 5.11 Å². The van der Waals surface area contributed by atoms with E-state index < -0.39 is 5.60 Å². The second-order valence-electron chi connectivity index (χ2n) is 6.85. The van der Waals surface area contributed by atoms with E-state index in [2.05, 4.69) is 19.4 Å². The van der Waals surface area contributed by atoms with E-state index in [0.717, 1.165) is 43.9 Å². The number of hydrogen-bond acceptors (Lipinski definition) is 4. The topological polar surface area (TPSA) is 54.2 Å². The molecule has 2 aromatic rings. The maximum atomic E-state index is 11.4. The lowest BCUT2D eigenvalue weighted by Gasteiger charge is -2.49. The molecule has 1 N–H and O–H groups in total. The van der Waals surface area contributed by atoms with Crippen LogP contribution in [0.1, 0.15) is 32.1 Å². The van der Waals surface area contributed by atoms with Crippen LogP contribution in [-0.4, -0.2) is 49.3 Å². The summed E-state index contributed by atoms with van der Waals surface area (Å²) in [4.78, 5) is 11.4. The predicted molar refractivity (Wildman–Crippen MR) is 88.9 cm³/mol. The van der Waals surface area contributed by atoms with Gasteiger partial charge in [0.2, 0.25) is 0 Å². The Kier molecular flexibility index (Phi) is 3.91. The molecule has 0 amide bonds. The smallest absolute Gasteiger partial charge is 0.158 e. The second-order valence-corrected chi connectivity index (χ2v) is 6.85. The second kappa shape index (κ2) is 6.06. The first-order valence-electron chi connectivity index (χ1n) is 8.65. The lowest BCUT2D eigenvalue weighted by molar-refractivity contribution is -0.103. The van der Waals surface area contributed by atoms with Crippen molar-refractivity contribution in [2.24, 2.45) is 0 Å². The first-order chi connectivity index (χ1) is 11.3. The number of nitrogens with zero attached hydrogens (tertiary/aromatic N) is 4. The Bertz CT molecular complexity index is 654. The fraction of sp³-hybridized carbons (Fsp3) is 0.556. The lowest BCUT2D eigenvalue weighted by atomic mass is 9.79. The normalized spacial score (nSPS) is 28.5. The highest BCUT2D eigenvalue weighted by Gasteiger charge is 2.44. The molecule has 0 aromatic carbocycles. The Balaban J connectivity index is 1.61. The molecule has 4 heterocycles. The van der Waals surface area contributed by atoms with E-state index in [9.17, 15) is 5.11 Å². The minimum atomic E-state index is -0.664. The van der Waals surface area contributed by atoms with Crippen LogP contribution in [-0.2, 0) is 6.54 Å². The van der Waals surface area contributed by atoms with Gasteiger partial charge < -0.3 is 9.67 Å². The molecule has 5 heteroatoms. The molecule has 0 aliphatic carbocycles. The van der Waals surface area contributed by atoms with E-state index in [1.165, 1.54) is 12.8 Å². The van der Waals surface area contributed by atoms with Crippen LogP contribution in [0.15, 0.2) is 36.8 Å². The van der Waals surface area contributed by atoms with Gasteiger partial charge in [-0.1, -0.05) is 12.5 Å². The number of fused-ring (bicyclic) bond motifs is 1. The lowest BCUT2D eigenvalue weighted by Crippen LogP contribution is -2.60. The number of aliphatic hydroxyl groups is 1. The molecule has 2 aliphatic heterocycles. The third-order valence-electron chi connectivity index (χ3n) is 5.34. The fourth-order valence-electron chi connectivity index (χ4n) is 4.27. The van der Waals surface area contributed by atoms with Gasteiger partial charge in [0.1, 0.15) is 5.69 Å². The largest absolute Gasteiger partial charge is 0.386 e. The van der Waals surface area contributed by atoms with Gasteiger partial charge in [-0.15, -0.1) is 0 Å². The number of pyridine rings is 1. The molecule has 2 saturated heterocycles. The highest BCUT2D eigenvalue weighted by molar-refractivity contribution is 5.49. The zero-order valence-corrected chi connectivity index (χ0v) is 13.4. The van der Waals surface area contributed by atoms with Gasteiger partial charge in [-0.25, -0.2) is 4.98 Å². The van der Waals surface area contributed by atoms with Crippen molar-refractivity contribution in [2.75, 3.05) is 13.1 Å². The average Bonchev–Trinajstić information content (AvgIpc) is 3.04. The van der Waals surface area contributed by atoms with Gasteiger partial charge in [0.25, 0.3) is 0 Å². The van der Waals surface area contributed by atoms with Gasteiger partial charge in [0.15, 0.2) is 5.82 Å². The average molecular weight is 312 g/mol. The molecule has 2 aromatic heterocycles. The van der Waals surface area contributed by atoms with Crippen LogP contribution in [0.3, 0.4) is 0 Å². The van der Waals surface area contributed by atoms with Crippen LogP contribution in [0.5, 0.6) is 0 Å². The van der Waals surface area contributed by atoms with Crippen molar-refractivity contribution >= 4 is 0 Å². The Morgan fingerprint density at radius 1 is 1.13 bits per heavy atom. The van der Waals surface area contributed by atoms with Crippen molar-refractivity contribution in [3.05, 3.63) is 36.8 Å². The predicted octanol–water partition coefficient (Wildman–Crippen LogP) is 2.32. The molecular weight excluding hydrogens is 288 g/mol. The summed E-state index contributed by atoms with van der Waals surface area (Å²) in [5.74, 6) is 0.840. The van der Waals surface area contributed by atoms with Crippen molar-refractivity contribution in [2.45, 2.75) is 50.3 Å². The molecule has 0 spiro atoms. The SMILES string of the molecule is O[C@@]1(Cn2ccnc2-c2ccccn2)CCCN2CCCC[C@@H]21. The van der Waals surface area contributed by atoms with Gasteiger partial charge in [-0.05, 0) is 50.9 Å². The molecule has 23 heavy (non-hydrogen) atoms. The van der Waals surface area contributed by atoms with Crippen molar-refractivity contribution in [1.29, 1.82) is 0 Å². The number of imidazole rings is 1. The monoisotopic (exact) mass is 312 g/mol. The zero-order chi connectivity index (χ0) is 15.7. The standard InChI is InChI=1S/C18H24N4O/c23-18(8-5-12-21-11-4-2-7-16(18)21)14-22-13-10-20-17(22)15-6-1-3-9-19-15/h1,3,6,9-10,13,16,23H,2,4-5,7-8,11-12,14H2/t16-,18-/m1/s1. The van der Waals surface area contributed by atoms with Crippen LogP contribution in [0.4, 0.5) is 0 Å². The van der Waals surface area contributed by atoms with Crippen LogP contribution in [0, 0.1) is 0 Å². The summed E-state index contributed by atoms with van der Waals surface area (Å²) in [5, 5.41) is 11.4. The summed E-state index contributed by atoms with van der Waals surface area (Å²) in [6.07, 6.45) is 11.1. The molecule has 5 nitrogen and oxygen atoms in total. The van der Waals surface area contributed by atoms with Crippen LogP contribution >= 0.6 is 0 Å². The molecule has 0 bridgehead atoms. The first kappa shape index (κ1) is 14.8. The van der Waals surface area contributed by atoms with Gasteiger partial charge >= 0.3 is 0 Å². The summed E-state index contributed by atoms with van der Waals surface area (Å²) in [6, 6.07) is 6.13. The molecule has 0 saturated carbocycles. The number of hydrogen-bond donors (Lipinski definition) is 1. The van der Waals surface area contributed by atoms with Crippen molar-refractivity contribution in [3.63, 3.8) is 0 Å². The minimum absolute atomic E-state index is 0.281. The molecule has 0 unspecified atom stereocenters. The van der Waals surface area contributed by atoms with Crippen molar-refractivity contribution in [1.82, 2.24) is 19.4 Å². The van der Waals surface area contributed by atoms with E-state index in [0.29, 0.717) is 6.54 Å². The molecule has 2 aliphatic rings. The van der Waals surface area contributed by atoms with E-state index >= 15 is 0 Å². The first-order valence-corrected chi connectivity index (χ1v) is 8.65. The highest BCUT2D eigenvalue weighted by atomic mass is 16.3. The zero-order valence-electron chi connectivity index (χ0n) is 13.4. The summed E-state index contributed by atoms with van der Waals surface area (Å²) in [6.45, 7) is 2.86. The maximum Gasteiger partial charge on any atom is 0.158 e. The van der Waals surface area contributed by atoms with Crippen LogP contribution in [0.2, 0.25) is 0 Å². The molecule has 4 rings (SSSR count). The Morgan fingerprint density at radius 2 is 2.04 bits per heavy atom. The molecular formula is C18H24N4O. The summed E-state index contributed by atoms with van der Waals surface area (Å²) >= 11 is 0. The number of aromatic nitrogens is 3. The molecule has 2 atom stereocenters. The van der Waals surface area contributed by atoms with Crippen LogP contribution < -0.4 is 0 Å². The third kappa shape index (κ3) is 2.79. The fourth-order valence-corrected chi connectivity index (χ4v) is 4.27. The Labute approximate surface area is 137 Å². The Morgan fingerprint density at radius 3 is 2.91 bits per heavy atom. The van der Waals surface area contributed by atoms with Gasteiger partial charge in [-0.3, -0.25) is 9.88 Å². The third-order valence-corrected chi connectivity index (χ3v) is 5.34. The van der Waals surface area contributed by atoms with Gasteiger partial charge in [0.05, 0.1) is 12.1 Å². The van der Waals surface area contributed by atoms with Crippen molar-refractivity contribution in [3.8, 4) is 11.5 Å². The summed E-state index contributed by atoms with van der Waals surface area (Å²) < 4.78 is 2.07. The maximum absolute atomic E-state index is 11.4. The van der Waals surface area contributed by atoms with Gasteiger partial charge in [0, 0.05) is 24.6 Å². The van der Waals surface area contributed by atoms with E-state index in [1.807, 2.05) is 24.4 Å². The molecule has 0 radical (unpaired) electrons. The number of piperidine rings is 2. The van der Waals surface area contributed by atoms with E-state index in [-0.39, 0.29) is 6.04 Å². The highest BCUT2D eigenvalue weighted by Crippen LogP contribution is 2.35. The van der Waals surface area contributed by atoms with E-state index in [1.54, 1.807) is 12.4 Å². The van der Waals surface area contributed by atoms with Crippen LogP contribution in [0.25, 0.3) is 11.5 Å². The summed E-state index contributed by atoms with van der Waals surface area (Å²) in [7, 11) is 0. The van der Waals surface area contributed by atoms with E-state index in [4.69, 9.17) is 0 Å². The quantitative estimate of drug-likeness (QED) is 0.945. The number of rotatable bonds is 3. The Hall–Kier alpha value is -1.72. The minimum Gasteiger partial charge on any atom is -0.386 e. The molecule has 2 fully saturated rings. The summed E-state index contributed by atoms with van der Waals surface area (Å²) in [5.41, 5.74) is 0.195. The molecule has 122 valence electrons. The van der Waals surface area contributed by atoms with Gasteiger partial charge in [-0.2, -0.15) is 0 Å².